The van der Waals surface area contributed by atoms with E-state index in [0.717, 1.165) is 17.7 Å². The first-order valence-electron chi connectivity index (χ1n) is 13.2. The van der Waals surface area contributed by atoms with Gasteiger partial charge in [-0.05, 0) is 48.7 Å². The van der Waals surface area contributed by atoms with E-state index in [0.29, 0.717) is 31.9 Å². The van der Waals surface area contributed by atoms with Crippen molar-refractivity contribution in [2.24, 2.45) is 4.99 Å². The summed E-state index contributed by atoms with van der Waals surface area (Å²) in [5.74, 6) is -1.99. The lowest BCUT2D eigenvalue weighted by atomic mass is 10.0. The van der Waals surface area contributed by atoms with Gasteiger partial charge in [0.15, 0.2) is 11.6 Å². The molecule has 11 heteroatoms. The number of carbonyl (C=O) groups is 2. The predicted molar refractivity (Wildman–Crippen MR) is 153 cm³/mol. The molecule has 1 atom stereocenters. The zero-order chi connectivity index (χ0) is 29.8. The molecule has 0 saturated carbocycles. The molecule has 1 aromatic carbocycles. The number of aromatic hydroxyl groups is 1. The highest BCUT2D eigenvalue weighted by Gasteiger charge is 2.33. The fraction of sp³-hybridized carbons (Fsp3) is 0.300. The highest BCUT2D eigenvalue weighted by Crippen LogP contribution is 2.38. The summed E-state index contributed by atoms with van der Waals surface area (Å²) in [5, 5.41) is 10.4. The molecule has 214 valence electrons. The molecule has 0 aliphatic carbocycles. The van der Waals surface area contributed by atoms with Crippen molar-refractivity contribution in [3.8, 4) is 17.0 Å². The summed E-state index contributed by atoms with van der Waals surface area (Å²) in [4.78, 5) is 43.0. The maximum absolute atomic E-state index is 15.8. The monoisotopic (exact) mass is 562 g/mol. The van der Waals surface area contributed by atoms with Gasteiger partial charge < -0.3 is 14.9 Å². The van der Waals surface area contributed by atoms with Crippen molar-refractivity contribution in [1.29, 1.82) is 0 Å². The van der Waals surface area contributed by atoms with Crippen molar-refractivity contribution in [3.63, 3.8) is 0 Å². The number of aromatic nitrogens is 2. The molecule has 2 amide bonds. The molecule has 1 unspecified atom stereocenters. The van der Waals surface area contributed by atoms with Crippen molar-refractivity contribution in [2.45, 2.75) is 32.7 Å². The van der Waals surface area contributed by atoms with Crippen LogP contribution in [0, 0.1) is 11.6 Å². The molecular weight excluding hydrogens is 530 g/mol. The molecule has 3 heterocycles. The van der Waals surface area contributed by atoms with Gasteiger partial charge in [0.25, 0.3) is 0 Å². The summed E-state index contributed by atoms with van der Waals surface area (Å²) in [6.07, 6.45) is 3.30. The Balaban J connectivity index is 1.95. The van der Waals surface area contributed by atoms with Crippen molar-refractivity contribution in [3.05, 3.63) is 78.0 Å². The van der Waals surface area contributed by atoms with Gasteiger partial charge in [-0.1, -0.05) is 32.6 Å². The number of aliphatic imine (C=N–C) groups is 1. The SMILES string of the molecule is C=CC(=O)N1CCN(C(=NC)c2cc(F)c(-c3c(O)cccc3F)nc2N(C=O)c2ncccc2C(C)C)C(C)C1. The number of hydrogen-bond donors (Lipinski definition) is 1. The molecule has 41 heavy (non-hydrogen) atoms. The van der Waals surface area contributed by atoms with Crippen molar-refractivity contribution in [1.82, 2.24) is 19.8 Å². The number of phenolic OH excluding ortho intramolecular Hbond substituents is 1. The Labute approximate surface area is 237 Å². The number of piperazine rings is 1. The Hall–Kier alpha value is -4.67. The third-order valence-electron chi connectivity index (χ3n) is 7.02. The first-order valence-corrected chi connectivity index (χ1v) is 13.2. The first kappa shape index (κ1) is 29.3. The number of nitrogens with zero attached hydrogens (tertiary/aromatic N) is 6. The quantitative estimate of drug-likeness (QED) is 0.195. The summed E-state index contributed by atoms with van der Waals surface area (Å²) >= 11 is 0. The van der Waals surface area contributed by atoms with Gasteiger partial charge in [-0.25, -0.2) is 23.6 Å². The van der Waals surface area contributed by atoms with Gasteiger partial charge in [0.05, 0.1) is 11.1 Å². The van der Waals surface area contributed by atoms with Crippen molar-refractivity contribution >= 4 is 29.8 Å². The van der Waals surface area contributed by atoms with E-state index in [-0.39, 0.29) is 35.1 Å². The third-order valence-corrected chi connectivity index (χ3v) is 7.02. The number of halogens is 2. The smallest absolute Gasteiger partial charge is 0.246 e. The highest BCUT2D eigenvalue weighted by atomic mass is 19.1. The Morgan fingerprint density at radius 3 is 2.56 bits per heavy atom. The number of pyridine rings is 2. The molecule has 3 aromatic rings. The fourth-order valence-electron chi connectivity index (χ4n) is 5.02. The topological polar surface area (TPSA) is 102 Å². The number of amidine groups is 1. The van der Waals surface area contributed by atoms with E-state index < -0.39 is 28.6 Å². The summed E-state index contributed by atoms with van der Waals surface area (Å²) in [6, 6.07) is 8.07. The van der Waals surface area contributed by atoms with Crippen LogP contribution >= 0.6 is 0 Å². The van der Waals surface area contributed by atoms with Crippen LogP contribution in [-0.2, 0) is 9.59 Å². The summed E-state index contributed by atoms with van der Waals surface area (Å²) in [7, 11) is 1.53. The second-order valence-electron chi connectivity index (χ2n) is 9.95. The molecular formula is C30H32F2N6O3. The molecule has 9 nitrogen and oxygen atoms in total. The van der Waals surface area contributed by atoms with E-state index in [4.69, 9.17) is 0 Å². The lowest BCUT2D eigenvalue weighted by Gasteiger charge is -2.41. The van der Waals surface area contributed by atoms with Gasteiger partial charge in [-0.2, -0.15) is 0 Å². The van der Waals surface area contributed by atoms with Crippen LogP contribution in [0.25, 0.3) is 11.3 Å². The number of anilines is 2. The Kier molecular flexibility index (Phi) is 8.75. The van der Waals surface area contributed by atoms with Crippen LogP contribution in [0.4, 0.5) is 20.4 Å². The van der Waals surface area contributed by atoms with E-state index in [9.17, 15) is 19.1 Å². The van der Waals surface area contributed by atoms with E-state index in [1.165, 1.54) is 36.4 Å². The molecule has 1 aliphatic heterocycles. The summed E-state index contributed by atoms with van der Waals surface area (Å²) < 4.78 is 30.7. The number of hydrogen-bond acceptors (Lipinski definition) is 6. The largest absolute Gasteiger partial charge is 0.507 e. The molecule has 1 N–H and O–H groups in total. The third kappa shape index (κ3) is 5.65. The second kappa shape index (κ2) is 12.2. The van der Waals surface area contributed by atoms with Crippen LogP contribution in [0.3, 0.4) is 0 Å². The van der Waals surface area contributed by atoms with Crippen LogP contribution in [0.1, 0.15) is 37.8 Å². The van der Waals surface area contributed by atoms with Gasteiger partial charge in [0.2, 0.25) is 12.3 Å². The number of amides is 2. The van der Waals surface area contributed by atoms with Crippen LogP contribution in [0.5, 0.6) is 5.75 Å². The zero-order valence-corrected chi connectivity index (χ0v) is 23.4. The minimum atomic E-state index is -0.922. The van der Waals surface area contributed by atoms with E-state index >= 15 is 4.39 Å². The maximum atomic E-state index is 15.8. The lowest BCUT2D eigenvalue weighted by Crippen LogP contribution is -2.55. The Morgan fingerprint density at radius 1 is 1.20 bits per heavy atom. The van der Waals surface area contributed by atoms with Gasteiger partial charge in [0.1, 0.15) is 28.9 Å². The molecule has 1 saturated heterocycles. The maximum Gasteiger partial charge on any atom is 0.246 e. The second-order valence-corrected chi connectivity index (χ2v) is 9.95. The molecule has 2 aromatic heterocycles. The van der Waals surface area contributed by atoms with Gasteiger partial charge in [0, 0.05) is 38.9 Å². The van der Waals surface area contributed by atoms with Crippen molar-refractivity contribution in [2.75, 3.05) is 31.6 Å². The van der Waals surface area contributed by atoms with Crippen molar-refractivity contribution < 1.29 is 23.5 Å². The predicted octanol–water partition coefficient (Wildman–Crippen LogP) is 4.64. The van der Waals surface area contributed by atoms with Crippen LogP contribution < -0.4 is 4.90 Å². The highest BCUT2D eigenvalue weighted by molar-refractivity contribution is 6.06. The van der Waals surface area contributed by atoms with E-state index in [1.807, 2.05) is 31.7 Å². The molecule has 1 aliphatic rings. The van der Waals surface area contributed by atoms with Gasteiger partial charge in [-0.15, -0.1) is 0 Å². The summed E-state index contributed by atoms with van der Waals surface area (Å²) in [5.41, 5.74) is -0.0222. The van der Waals surface area contributed by atoms with Crippen LogP contribution in [0.15, 0.2) is 60.2 Å². The van der Waals surface area contributed by atoms with E-state index in [2.05, 4.69) is 21.5 Å². The van der Waals surface area contributed by atoms with Crippen LogP contribution in [-0.4, -0.2) is 75.8 Å². The number of phenols is 1. The zero-order valence-electron chi connectivity index (χ0n) is 23.4. The molecule has 4 rings (SSSR count). The van der Waals surface area contributed by atoms with E-state index in [1.54, 1.807) is 11.0 Å². The average Bonchev–Trinajstić information content (AvgIpc) is 2.95. The fourth-order valence-corrected chi connectivity index (χ4v) is 5.02. The standard InChI is InChI=1S/C30H32F2N6O3/c1-6-25(41)36-13-14-37(19(4)16-36)28(33-5)21-15-23(32)27(26-22(31)10-7-11-24(26)40)35-30(21)38(17-39)29-20(18(2)3)9-8-12-34-29/h6-12,15,17-19,40H,1,13-14,16H2,2-5H3. The van der Waals surface area contributed by atoms with Gasteiger partial charge in [-0.3, -0.25) is 14.6 Å². The molecule has 1 fully saturated rings. The Bertz CT molecular complexity index is 1490. The minimum Gasteiger partial charge on any atom is -0.507 e. The Morgan fingerprint density at radius 2 is 1.95 bits per heavy atom. The van der Waals surface area contributed by atoms with Gasteiger partial charge >= 0.3 is 0 Å². The average molecular weight is 563 g/mol. The minimum absolute atomic E-state index is 0.0325. The molecule has 0 spiro atoms. The molecule has 0 bridgehead atoms. The normalized spacial score (nSPS) is 15.7. The number of benzene rings is 1. The lowest BCUT2D eigenvalue weighted by molar-refractivity contribution is -0.128. The molecule has 0 radical (unpaired) electrons. The number of carbonyl (C=O) groups excluding carboxylic acids is 2. The number of rotatable bonds is 7. The van der Waals surface area contributed by atoms with Crippen LogP contribution in [0.2, 0.25) is 0 Å². The first-order chi connectivity index (χ1) is 19.6. The summed E-state index contributed by atoms with van der Waals surface area (Å²) in [6.45, 7) is 10.4.